The Labute approximate surface area is 184 Å². The molecule has 0 saturated carbocycles. The van der Waals surface area contributed by atoms with E-state index in [-0.39, 0.29) is 6.61 Å². The van der Waals surface area contributed by atoms with Gasteiger partial charge in [-0.25, -0.2) is 0 Å². The molecule has 4 aromatic rings. The number of aliphatic hydroxyl groups is 1. The van der Waals surface area contributed by atoms with E-state index in [1.54, 1.807) is 13.4 Å². The Kier molecular flexibility index (Phi) is 7.03. The maximum absolute atomic E-state index is 10.4. The lowest BCUT2D eigenvalue weighted by molar-refractivity contribution is 0.0397. The van der Waals surface area contributed by atoms with Gasteiger partial charge in [-0.2, -0.15) is 0 Å². The van der Waals surface area contributed by atoms with Gasteiger partial charge >= 0.3 is 0 Å². The summed E-state index contributed by atoms with van der Waals surface area (Å²) < 4.78 is 18.3. The highest BCUT2D eigenvalue weighted by molar-refractivity contribution is 7.99. The predicted molar refractivity (Wildman–Crippen MR) is 118 cm³/mol. The van der Waals surface area contributed by atoms with E-state index < -0.39 is 6.10 Å². The molecule has 160 valence electrons. The summed E-state index contributed by atoms with van der Waals surface area (Å²) >= 11 is 1.42. The number of thioether (sulfide) groups is 1. The third-order valence-electron chi connectivity index (χ3n) is 4.53. The standard InChI is InChI=1S/C23H23N3O4S/c1-28-20-11-9-17(10-12-20)14-29-15-19(27)16-31-23-25-24-22(21-8-5-13-30-21)26(23)18-6-3-2-4-7-18/h2-13,19,27H,14-16H2,1H3. The van der Waals surface area contributed by atoms with Gasteiger partial charge in [0.25, 0.3) is 0 Å². The van der Waals surface area contributed by atoms with Crippen molar-refractivity contribution in [3.05, 3.63) is 78.6 Å². The zero-order chi connectivity index (χ0) is 21.5. The first-order valence-corrected chi connectivity index (χ1v) is 10.8. The summed E-state index contributed by atoms with van der Waals surface area (Å²) in [5, 5.41) is 19.7. The lowest BCUT2D eigenvalue weighted by atomic mass is 10.2. The molecule has 31 heavy (non-hydrogen) atoms. The van der Waals surface area contributed by atoms with Crippen LogP contribution in [-0.4, -0.2) is 45.4 Å². The quantitative estimate of drug-likeness (QED) is 0.372. The first-order chi connectivity index (χ1) is 15.2. The summed E-state index contributed by atoms with van der Waals surface area (Å²) in [5.74, 6) is 2.47. The number of hydrogen-bond donors (Lipinski definition) is 1. The Hall–Kier alpha value is -3.07. The normalized spacial score (nSPS) is 12.1. The molecule has 1 unspecified atom stereocenters. The average Bonchev–Trinajstić information content (AvgIpc) is 3.48. The van der Waals surface area contributed by atoms with Crippen LogP contribution in [0, 0.1) is 0 Å². The average molecular weight is 438 g/mol. The van der Waals surface area contributed by atoms with Gasteiger partial charge < -0.3 is 19.0 Å². The third kappa shape index (κ3) is 5.35. The molecule has 1 N–H and O–H groups in total. The molecule has 0 bridgehead atoms. The molecule has 4 rings (SSSR count). The molecule has 0 saturated heterocycles. The molecular weight excluding hydrogens is 414 g/mol. The van der Waals surface area contributed by atoms with Crippen LogP contribution in [0.4, 0.5) is 0 Å². The molecule has 0 aliphatic rings. The summed E-state index contributed by atoms with van der Waals surface area (Å²) in [7, 11) is 1.63. The van der Waals surface area contributed by atoms with Crippen LogP contribution in [0.3, 0.4) is 0 Å². The van der Waals surface area contributed by atoms with E-state index in [1.165, 1.54) is 11.8 Å². The van der Waals surface area contributed by atoms with E-state index in [9.17, 15) is 5.11 Å². The van der Waals surface area contributed by atoms with Gasteiger partial charge in [-0.3, -0.25) is 4.57 Å². The van der Waals surface area contributed by atoms with Crippen molar-refractivity contribution < 1.29 is 19.0 Å². The first kappa shape index (κ1) is 21.2. The second-order valence-electron chi connectivity index (χ2n) is 6.78. The van der Waals surface area contributed by atoms with E-state index >= 15 is 0 Å². The molecule has 2 aromatic heterocycles. The second-order valence-corrected chi connectivity index (χ2v) is 7.77. The van der Waals surface area contributed by atoms with Gasteiger partial charge in [0, 0.05) is 11.4 Å². The Morgan fingerprint density at radius 1 is 1.03 bits per heavy atom. The van der Waals surface area contributed by atoms with Crippen LogP contribution < -0.4 is 4.74 Å². The number of benzene rings is 2. The summed E-state index contributed by atoms with van der Waals surface area (Å²) in [6.45, 7) is 0.651. The Balaban J connectivity index is 1.37. The van der Waals surface area contributed by atoms with Crippen molar-refractivity contribution in [2.75, 3.05) is 19.5 Å². The van der Waals surface area contributed by atoms with Crippen molar-refractivity contribution in [1.29, 1.82) is 0 Å². The maximum atomic E-state index is 10.4. The van der Waals surface area contributed by atoms with Gasteiger partial charge in [-0.05, 0) is 42.0 Å². The van der Waals surface area contributed by atoms with Crippen molar-refractivity contribution in [2.45, 2.75) is 17.9 Å². The zero-order valence-corrected chi connectivity index (χ0v) is 17.9. The van der Waals surface area contributed by atoms with E-state index in [0.29, 0.717) is 29.1 Å². The molecule has 7 nitrogen and oxygen atoms in total. The summed E-state index contributed by atoms with van der Waals surface area (Å²) in [5.41, 5.74) is 1.94. The number of aliphatic hydroxyl groups excluding tert-OH is 1. The van der Waals surface area contributed by atoms with Crippen molar-refractivity contribution >= 4 is 11.8 Å². The lowest BCUT2D eigenvalue weighted by Gasteiger charge is -2.12. The van der Waals surface area contributed by atoms with Crippen molar-refractivity contribution in [3.8, 4) is 23.0 Å². The Morgan fingerprint density at radius 3 is 2.55 bits per heavy atom. The number of ether oxygens (including phenoxy) is 2. The molecule has 0 spiro atoms. The number of furan rings is 1. The van der Waals surface area contributed by atoms with Gasteiger partial charge in [0.15, 0.2) is 10.9 Å². The summed E-state index contributed by atoms with van der Waals surface area (Å²) in [6, 6.07) is 21.2. The molecule has 0 aliphatic carbocycles. The van der Waals surface area contributed by atoms with Crippen LogP contribution in [0.5, 0.6) is 5.75 Å². The molecule has 0 radical (unpaired) electrons. The van der Waals surface area contributed by atoms with Crippen LogP contribution >= 0.6 is 11.8 Å². The molecule has 0 amide bonds. The third-order valence-corrected chi connectivity index (χ3v) is 5.61. The molecule has 0 aliphatic heterocycles. The molecule has 8 heteroatoms. The first-order valence-electron chi connectivity index (χ1n) is 9.81. The molecular formula is C23H23N3O4S. The number of hydrogen-bond acceptors (Lipinski definition) is 7. The van der Waals surface area contributed by atoms with Crippen molar-refractivity contribution in [2.24, 2.45) is 0 Å². The zero-order valence-electron chi connectivity index (χ0n) is 17.0. The number of nitrogens with zero attached hydrogens (tertiary/aromatic N) is 3. The molecule has 1 atom stereocenters. The molecule has 2 heterocycles. The highest BCUT2D eigenvalue weighted by atomic mass is 32.2. The Morgan fingerprint density at radius 2 is 1.84 bits per heavy atom. The smallest absolute Gasteiger partial charge is 0.205 e. The fourth-order valence-electron chi connectivity index (χ4n) is 2.99. The number of para-hydroxylation sites is 1. The van der Waals surface area contributed by atoms with Crippen LogP contribution in [-0.2, 0) is 11.3 Å². The molecule has 0 fully saturated rings. The second kappa shape index (κ2) is 10.3. The highest BCUT2D eigenvalue weighted by Gasteiger charge is 2.19. The van der Waals surface area contributed by atoms with E-state index in [1.807, 2.05) is 71.3 Å². The van der Waals surface area contributed by atoms with Crippen LogP contribution in [0.2, 0.25) is 0 Å². The fraction of sp³-hybridized carbons (Fsp3) is 0.217. The fourth-order valence-corrected chi connectivity index (χ4v) is 3.85. The SMILES string of the molecule is COc1ccc(COCC(O)CSc2nnc(-c3ccco3)n2-c2ccccc2)cc1. The van der Waals surface area contributed by atoms with E-state index in [2.05, 4.69) is 10.2 Å². The van der Waals surface area contributed by atoms with Crippen LogP contribution in [0.1, 0.15) is 5.56 Å². The summed E-state index contributed by atoms with van der Waals surface area (Å²) in [4.78, 5) is 0. The van der Waals surface area contributed by atoms with Crippen LogP contribution in [0.15, 0.2) is 82.6 Å². The largest absolute Gasteiger partial charge is 0.497 e. The van der Waals surface area contributed by atoms with Gasteiger partial charge in [0.05, 0.1) is 32.7 Å². The van der Waals surface area contributed by atoms with Gasteiger partial charge in [0.1, 0.15) is 5.75 Å². The van der Waals surface area contributed by atoms with E-state index in [0.717, 1.165) is 17.0 Å². The number of methoxy groups -OCH3 is 1. The predicted octanol–water partition coefficient (Wildman–Crippen LogP) is 4.21. The van der Waals surface area contributed by atoms with Crippen molar-refractivity contribution in [3.63, 3.8) is 0 Å². The van der Waals surface area contributed by atoms with Gasteiger partial charge in [0.2, 0.25) is 5.82 Å². The van der Waals surface area contributed by atoms with Gasteiger partial charge in [-0.1, -0.05) is 42.1 Å². The Bertz CT molecular complexity index is 1070. The van der Waals surface area contributed by atoms with Gasteiger partial charge in [-0.15, -0.1) is 10.2 Å². The lowest BCUT2D eigenvalue weighted by Crippen LogP contribution is -2.18. The number of aromatic nitrogens is 3. The molecule has 2 aromatic carbocycles. The topological polar surface area (TPSA) is 82.5 Å². The minimum atomic E-state index is -0.642. The monoisotopic (exact) mass is 437 g/mol. The maximum Gasteiger partial charge on any atom is 0.205 e. The minimum Gasteiger partial charge on any atom is -0.497 e. The summed E-state index contributed by atoms with van der Waals surface area (Å²) in [6.07, 6.45) is 0.965. The highest BCUT2D eigenvalue weighted by Crippen LogP contribution is 2.28. The van der Waals surface area contributed by atoms with Crippen molar-refractivity contribution in [1.82, 2.24) is 14.8 Å². The minimum absolute atomic E-state index is 0.226. The number of rotatable bonds is 10. The van der Waals surface area contributed by atoms with Crippen LogP contribution in [0.25, 0.3) is 17.3 Å². The van der Waals surface area contributed by atoms with E-state index in [4.69, 9.17) is 13.9 Å².